The summed E-state index contributed by atoms with van der Waals surface area (Å²) in [5, 5.41) is 0. The zero-order chi connectivity index (χ0) is 10.8. The second-order valence-electron chi connectivity index (χ2n) is 4.11. The van der Waals surface area contributed by atoms with Gasteiger partial charge in [0, 0.05) is 2.74 Å². The van der Waals surface area contributed by atoms with Crippen molar-refractivity contribution in [1.29, 1.82) is 0 Å². The van der Waals surface area contributed by atoms with Gasteiger partial charge in [0.15, 0.2) is 0 Å². The summed E-state index contributed by atoms with van der Waals surface area (Å²) >= 11 is 0. The van der Waals surface area contributed by atoms with Crippen molar-refractivity contribution < 1.29 is 2.74 Å². The maximum atomic E-state index is 7.99. The highest BCUT2D eigenvalue weighted by Crippen LogP contribution is 2.20. The molecule has 12 heavy (non-hydrogen) atoms. The molecule has 0 heteroatoms. The van der Waals surface area contributed by atoms with Gasteiger partial charge < -0.3 is 0 Å². The van der Waals surface area contributed by atoms with E-state index in [-0.39, 0.29) is 11.8 Å². The number of hydrogen-bond acceptors (Lipinski definition) is 0. The Bertz CT molecular complexity index is 274. The lowest BCUT2D eigenvalue weighted by atomic mass is 9.89. The van der Waals surface area contributed by atoms with E-state index in [0.29, 0.717) is 0 Å². The zero-order valence-corrected chi connectivity index (χ0v) is 8.04. The molecule has 0 spiro atoms. The first-order chi connectivity index (χ1) is 6.43. The molecular formula is C12H18. The van der Waals surface area contributed by atoms with Gasteiger partial charge >= 0.3 is 0 Å². The third-order valence-corrected chi connectivity index (χ3v) is 1.58. The molecule has 1 aromatic carbocycles. The van der Waals surface area contributed by atoms with Crippen LogP contribution in [-0.2, 0) is 6.40 Å². The van der Waals surface area contributed by atoms with E-state index in [1.54, 1.807) is 0 Å². The van der Waals surface area contributed by atoms with Crippen LogP contribution in [0, 0.1) is 5.41 Å². The molecule has 0 saturated heterocycles. The molecule has 0 bridgehead atoms. The van der Waals surface area contributed by atoms with Gasteiger partial charge in [-0.2, -0.15) is 0 Å². The molecule has 1 rings (SSSR count). The van der Waals surface area contributed by atoms with E-state index >= 15 is 0 Å². The van der Waals surface area contributed by atoms with Gasteiger partial charge in [0.2, 0.25) is 0 Å². The van der Waals surface area contributed by atoms with E-state index in [1.165, 1.54) is 0 Å². The highest BCUT2D eigenvalue weighted by atomic mass is 14.1. The number of hydrogen-bond donors (Lipinski definition) is 0. The number of rotatable bonds is 2. The predicted octanol–water partition coefficient (Wildman–Crippen LogP) is 3.67. The molecule has 2 atom stereocenters. The van der Waals surface area contributed by atoms with Gasteiger partial charge in [0.1, 0.15) is 0 Å². The van der Waals surface area contributed by atoms with E-state index < -0.39 is 6.40 Å². The Kier molecular flexibility index (Phi) is 2.10. The monoisotopic (exact) mass is 164 g/mol. The molecular weight excluding hydrogens is 144 g/mol. The Balaban J connectivity index is 2.81. The van der Waals surface area contributed by atoms with Crippen LogP contribution < -0.4 is 0 Å². The van der Waals surface area contributed by atoms with Gasteiger partial charge in [-0.25, -0.2) is 0 Å². The molecule has 0 aliphatic rings. The minimum absolute atomic E-state index is 0.137. The van der Waals surface area contributed by atoms with Gasteiger partial charge in [0.05, 0.1) is 0 Å². The number of aryl methyl sites for hydroxylation is 1. The topological polar surface area (TPSA) is 0 Å². The lowest BCUT2D eigenvalue weighted by Crippen LogP contribution is -2.06. The third-order valence-electron chi connectivity index (χ3n) is 1.58. The Morgan fingerprint density at radius 1 is 1.17 bits per heavy atom. The lowest BCUT2D eigenvalue weighted by molar-refractivity contribution is 0.378. The smallest absolute Gasteiger partial charge is 0.0316 e. The number of benzene rings is 1. The average Bonchev–Trinajstić information content (AvgIpc) is 2.15. The van der Waals surface area contributed by atoms with Crippen molar-refractivity contribution in [2.24, 2.45) is 5.41 Å². The summed E-state index contributed by atoms with van der Waals surface area (Å²) in [5.74, 6) is 0. The average molecular weight is 164 g/mol. The summed E-state index contributed by atoms with van der Waals surface area (Å²) in [5.41, 5.74) is 0.796. The Hall–Kier alpha value is -0.780. The first kappa shape index (κ1) is 6.71. The van der Waals surface area contributed by atoms with Crippen molar-refractivity contribution in [1.82, 2.24) is 0 Å². The summed E-state index contributed by atoms with van der Waals surface area (Å²) in [6.07, 6.45) is -0.832. The summed E-state index contributed by atoms with van der Waals surface area (Å²) in [4.78, 5) is 0. The fourth-order valence-corrected chi connectivity index (χ4v) is 0.910. The third kappa shape index (κ3) is 3.56. The maximum absolute atomic E-state index is 7.99. The van der Waals surface area contributed by atoms with E-state index in [9.17, 15) is 0 Å². The minimum atomic E-state index is -0.448. The molecule has 0 nitrogen and oxygen atoms in total. The summed E-state index contributed by atoms with van der Waals surface area (Å²) in [6, 6.07) is 9.63. The SMILES string of the molecule is [2H][C@@H](c1ccccc1)[C@H]([2H])C(C)(C)C. The largest absolute Gasteiger partial charge is 0.0622 e. The highest BCUT2D eigenvalue weighted by Gasteiger charge is 2.09. The second-order valence-corrected chi connectivity index (χ2v) is 4.11. The Morgan fingerprint density at radius 3 is 2.25 bits per heavy atom. The highest BCUT2D eigenvalue weighted by molar-refractivity contribution is 5.14. The molecule has 66 valence electrons. The van der Waals surface area contributed by atoms with Crippen LogP contribution in [0.15, 0.2) is 30.3 Å². The fraction of sp³-hybridized carbons (Fsp3) is 0.500. The first-order valence-electron chi connectivity index (χ1n) is 5.48. The van der Waals surface area contributed by atoms with Crippen molar-refractivity contribution in [3.8, 4) is 0 Å². The molecule has 0 amide bonds. The molecule has 0 fully saturated rings. The Labute approximate surface area is 78.4 Å². The summed E-state index contributed by atoms with van der Waals surface area (Å²) in [7, 11) is 0. The van der Waals surface area contributed by atoms with Gasteiger partial charge in [0.25, 0.3) is 0 Å². The molecule has 0 aliphatic heterocycles. The molecule has 0 aliphatic carbocycles. The van der Waals surface area contributed by atoms with Crippen LogP contribution in [0.1, 0.15) is 35.5 Å². The maximum Gasteiger partial charge on any atom is 0.0316 e. The van der Waals surface area contributed by atoms with Crippen molar-refractivity contribution in [3.05, 3.63) is 35.9 Å². The molecule has 0 saturated carbocycles. The second kappa shape index (κ2) is 3.75. The van der Waals surface area contributed by atoms with Crippen molar-refractivity contribution in [2.45, 2.75) is 33.6 Å². The molecule has 1 aromatic rings. The van der Waals surface area contributed by atoms with Crippen LogP contribution in [0.25, 0.3) is 0 Å². The first-order valence-corrected chi connectivity index (χ1v) is 4.32. The van der Waals surface area contributed by atoms with Gasteiger partial charge in [-0.15, -0.1) is 0 Å². The Morgan fingerprint density at radius 2 is 1.75 bits per heavy atom. The predicted molar refractivity (Wildman–Crippen MR) is 54.2 cm³/mol. The minimum Gasteiger partial charge on any atom is -0.0622 e. The molecule has 0 heterocycles. The van der Waals surface area contributed by atoms with Crippen LogP contribution in [-0.4, -0.2) is 0 Å². The van der Waals surface area contributed by atoms with Gasteiger partial charge in [-0.3, -0.25) is 0 Å². The van der Waals surface area contributed by atoms with E-state index in [0.717, 1.165) is 5.56 Å². The lowest BCUT2D eigenvalue weighted by Gasteiger charge is -2.17. The molecule has 0 aromatic heterocycles. The van der Waals surface area contributed by atoms with Gasteiger partial charge in [-0.05, 0) is 23.8 Å². The fourth-order valence-electron chi connectivity index (χ4n) is 0.910. The van der Waals surface area contributed by atoms with Crippen LogP contribution >= 0.6 is 0 Å². The van der Waals surface area contributed by atoms with E-state index in [1.807, 2.05) is 51.1 Å². The molecule has 0 radical (unpaired) electrons. The van der Waals surface area contributed by atoms with Crippen LogP contribution in [0.4, 0.5) is 0 Å². The zero-order valence-electron chi connectivity index (χ0n) is 10.0. The quantitative estimate of drug-likeness (QED) is 0.625. The summed E-state index contributed by atoms with van der Waals surface area (Å²) < 4.78 is 16.0. The van der Waals surface area contributed by atoms with E-state index in [4.69, 9.17) is 2.74 Å². The van der Waals surface area contributed by atoms with Crippen LogP contribution in [0.3, 0.4) is 0 Å². The van der Waals surface area contributed by atoms with Crippen molar-refractivity contribution in [2.75, 3.05) is 0 Å². The summed E-state index contributed by atoms with van der Waals surface area (Å²) in [6.45, 7) is 6.03. The standard InChI is InChI=1S/C12H18/c1-12(2,3)10-9-11-7-5-4-6-8-11/h4-8H,9-10H2,1-3H3/i9D,10D/t9-,10+/m1/s1. The van der Waals surface area contributed by atoms with Crippen molar-refractivity contribution >= 4 is 0 Å². The van der Waals surface area contributed by atoms with Crippen molar-refractivity contribution in [3.63, 3.8) is 0 Å². The normalized spacial score (nSPS) is 19.2. The molecule has 0 N–H and O–H groups in total. The van der Waals surface area contributed by atoms with Crippen LogP contribution in [0.2, 0.25) is 0 Å². The van der Waals surface area contributed by atoms with Crippen LogP contribution in [0.5, 0.6) is 0 Å². The van der Waals surface area contributed by atoms with Gasteiger partial charge in [-0.1, -0.05) is 51.1 Å². The van der Waals surface area contributed by atoms with E-state index in [2.05, 4.69) is 0 Å². The molecule has 0 unspecified atom stereocenters.